The van der Waals surface area contributed by atoms with Crippen LogP contribution in [0.4, 0.5) is 5.69 Å². The molecule has 0 aliphatic carbocycles. The molecule has 0 fully saturated rings. The van der Waals surface area contributed by atoms with Gasteiger partial charge in [-0.2, -0.15) is 5.10 Å². The first-order chi connectivity index (χ1) is 8.06. The summed E-state index contributed by atoms with van der Waals surface area (Å²) in [7, 11) is 0. The highest BCUT2D eigenvalue weighted by Gasteiger charge is 2.18. The molecule has 1 aromatic heterocycles. The molecule has 0 saturated heterocycles. The first-order valence-electron chi connectivity index (χ1n) is 5.52. The van der Waals surface area contributed by atoms with Crippen LogP contribution in [0.25, 0.3) is 0 Å². The Morgan fingerprint density at radius 3 is 2.94 bits per heavy atom. The van der Waals surface area contributed by atoms with E-state index in [0.29, 0.717) is 6.54 Å². The van der Waals surface area contributed by atoms with Crippen LogP contribution in [0.5, 0.6) is 0 Å². The summed E-state index contributed by atoms with van der Waals surface area (Å²) < 4.78 is 1.29. The Labute approximate surface area is 99.0 Å². The van der Waals surface area contributed by atoms with E-state index >= 15 is 0 Å². The lowest BCUT2D eigenvalue weighted by atomic mass is 10.3. The topological polar surface area (TPSA) is 90.1 Å². The van der Waals surface area contributed by atoms with E-state index in [1.807, 2.05) is 6.92 Å². The van der Waals surface area contributed by atoms with Gasteiger partial charge in [-0.15, -0.1) is 0 Å². The van der Waals surface area contributed by atoms with E-state index in [0.717, 1.165) is 19.0 Å². The Morgan fingerprint density at radius 1 is 1.71 bits per heavy atom. The molecule has 1 rings (SSSR count). The van der Waals surface area contributed by atoms with Gasteiger partial charge in [0.05, 0.1) is 4.92 Å². The maximum Gasteiger partial charge on any atom is 0.307 e. The molecule has 1 aromatic rings. The molecule has 0 aromatic carbocycles. The summed E-state index contributed by atoms with van der Waals surface area (Å²) in [6.45, 7) is 4.30. The number of aromatic nitrogens is 2. The van der Waals surface area contributed by atoms with E-state index in [1.54, 1.807) is 6.92 Å². The monoisotopic (exact) mass is 240 g/mol. The summed E-state index contributed by atoms with van der Waals surface area (Å²) in [5, 5.41) is 17.0. The van der Waals surface area contributed by atoms with Crippen molar-refractivity contribution in [2.24, 2.45) is 0 Å². The van der Waals surface area contributed by atoms with Crippen molar-refractivity contribution >= 4 is 11.6 Å². The number of hydrogen-bond donors (Lipinski definition) is 1. The third-order valence-corrected chi connectivity index (χ3v) is 2.40. The zero-order chi connectivity index (χ0) is 12.8. The first-order valence-corrected chi connectivity index (χ1v) is 5.52. The van der Waals surface area contributed by atoms with Crippen molar-refractivity contribution in [2.45, 2.75) is 32.7 Å². The van der Waals surface area contributed by atoms with Crippen LogP contribution >= 0.6 is 0 Å². The first kappa shape index (κ1) is 13.1. The van der Waals surface area contributed by atoms with Crippen LogP contribution in [0.2, 0.25) is 0 Å². The number of unbranched alkanes of at least 4 members (excludes halogenated alkanes) is 1. The highest BCUT2D eigenvalue weighted by molar-refractivity contribution is 5.79. The molecule has 0 saturated carbocycles. The lowest BCUT2D eigenvalue weighted by Gasteiger charge is -2.11. The van der Waals surface area contributed by atoms with E-state index in [-0.39, 0.29) is 11.6 Å². The fourth-order valence-electron chi connectivity index (χ4n) is 1.29. The molecule has 7 nitrogen and oxygen atoms in total. The van der Waals surface area contributed by atoms with Gasteiger partial charge < -0.3 is 5.32 Å². The van der Waals surface area contributed by atoms with E-state index in [9.17, 15) is 14.9 Å². The minimum absolute atomic E-state index is 0.113. The lowest BCUT2D eigenvalue weighted by Crippen LogP contribution is -2.31. The molecule has 0 spiro atoms. The second kappa shape index (κ2) is 5.97. The standard InChI is InChI=1S/C10H16N4O3/c1-3-4-5-11-10(15)8(2)13-7-9(6-12-13)14(16)17/h6-8H,3-5H2,1-2H3,(H,11,15). The zero-order valence-electron chi connectivity index (χ0n) is 9.92. The van der Waals surface area contributed by atoms with E-state index < -0.39 is 11.0 Å². The van der Waals surface area contributed by atoms with Gasteiger partial charge in [-0.05, 0) is 13.3 Å². The number of carbonyl (C=O) groups is 1. The molecule has 7 heteroatoms. The van der Waals surface area contributed by atoms with E-state index in [2.05, 4.69) is 10.4 Å². The summed E-state index contributed by atoms with van der Waals surface area (Å²) in [6, 6.07) is -0.541. The number of carbonyl (C=O) groups excluding carboxylic acids is 1. The Morgan fingerprint density at radius 2 is 2.41 bits per heavy atom. The van der Waals surface area contributed by atoms with Crippen LogP contribution in [-0.2, 0) is 4.79 Å². The number of nitrogens with one attached hydrogen (secondary N) is 1. The van der Waals surface area contributed by atoms with Crippen molar-refractivity contribution < 1.29 is 9.72 Å². The number of hydrogen-bond acceptors (Lipinski definition) is 4. The minimum Gasteiger partial charge on any atom is -0.354 e. The Bertz CT molecular complexity index is 402. The summed E-state index contributed by atoms with van der Waals surface area (Å²) in [6.07, 6.45) is 4.31. The minimum atomic E-state index is -0.541. The van der Waals surface area contributed by atoms with Crippen LogP contribution in [0.15, 0.2) is 12.4 Å². The van der Waals surface area contributed by atoms with Gasteiger partial charge in [0, 0.05) is 6.54 Å². The molecular weight excluding hydrogens is 224 g/mol. The van der Waals surface area contributed by atoms with Crippen molar-refractivity contribution in [3.63, 3.8) is 0 Å². The summed E-state index contributed by atoms with van der Waals surface area (Å²) in [5.74, 6) is -0.184. The fraction of sp³-hybridized carbons (Fsp3) is 0.600. The van der Waals surface area contributed by atoms with Gasteiger partial charge in [0.15, 0.2) is 0 Å². The van der Waals surface area contributed by atoms with Crippen LogP contribution in [0.3, 0.4) is 0 Å². The molecule has 1 amide bonds. The molecule has 17 heavy (non-hydrogen) atoms. The van der Waals surface area contributed by atoms with Crippen LogP contribution in [0.1, 0.15) is 32.7 Å². The third-order valence-electron chi connectivity index (χ3n) is 2.40. The number of amides is 1. The molecule has 0 aliphatic rings. The second-order valence-corrected chi connectivity index (χ2v) is 3.76. The highest BCUT2D eigenvalue weighted by atomic mass is 16.6. The summed E-state index contributed by atoms with van der Waals surface area (Å²) in [5.41, 5.74) is -0.113. The molecule has 94 valence electrons. The van der Waals surface area contributed by atoms with E-state index in [1.165, 1.54) is 10.9 Å². The average molecular weight is 240 g/mol. The Balaban J connectivity index is 2.58. The Hall–Kier alpha value is -1.92. The van der Waals surface area contributed by atoms with Crippen LogP contribution in [-0.4, -0.2) is 27.2 Å². The molecule has 0 aliphatic heterocycles. The average Bonchev–Trinajstić information content (AvgIpc) is 2.77. The number of nitrogens with zero attached hydrogens (tertiary/aromatic N) is 3. The van der Waals surface area contributed by atoms with Crippen molar-refractivity contribution in [3.8, 4) is 0 Å². The van der Waals surface area contributed by atoms with Gasteiger partial charge in [-0.3, -0.25) is 19.6 Å². The van der Waals surface area contributed by atoms with Crippen molar-refractivity contribution in [2.75, 3.05) is 6.54 Å². The van der Waals surface area contributed by atoms with Crippen LogP contribution in [0, 0.1) is 10.1 Å². The molecule has 0 bridgehead atoms. The Kier molecular flexibility index (Phi) is 4.62. The molecule has 1 atom stereocenters. The summed E-state index contributed by atoms with van der Waals surface area (Å²) >= 11 is 0. The largest absolute Gasteiger partial charge is 0.354 e. The van der Waals surface area contributed by atoms with Gasteiger partial charge in [-0.25, -0.2) is 0 Å². The maximum absolute atomic E-state index is 11.7. The van der Waals surface area contributed by atoms with Crippen molar-refractivity contribution in [1.82, 2.24) is 15.1 Å². The normalized spacial score (nSPS) is 12.1. The molecule has 0 radical (unpaired) electrons. The number of rotatable bonds is 6. The van der Waals surface area contributed by atoms with Crippen LogP contribution < -0.4 is 5.32 Å². The second-order valence-electron chi connectivity index (χ2n) is 3.76. The van der Waals surface area contributed by atoms with Crippen molar-refractivity contribution in [3.05, 3.63) is 22.5 Å². The van der Waals surface area contributed by atoms with Crippen molar-refractivity contribution in [1.29, 1.82) is 0 Å². The molecular formula is C10H16N4O3. The quantitative estimate of drug-likeness (QED) is 0.460. The zero-order valence-corrected chi connectivity index (χ0v) is 9.92. The predicted molar refractivity (Wildman–Crippen MR) is 61.5 cm³/mol. The third kappa shape index (κ3) is 3.54. The van der Waals surface area contributed by atoms with Gasteiger partial charge in [0.2, 0.25) is 5.91 Å². The summed E-state index contributed by atoms with van der Waals surface area (Å²) in [4.78, 5) is 21.6. The SMILES string of the molecule is CCCCNC(=O)C(C)n1cc([N+](=O)[O-])cn1. The van der Waals surface area contributed by atoms with Gasteiger partial charge in [0.1, 0.15) is 18.4 Å². The van der Waals surface area contributed by atoms with Gasteiger partial charge >= 0.3 is 5.69 Å². The smallest absolute Gasteiger partial charge is 0.307 e. The predicted octanol–water partition coefficient (Wildman–Crippen LogP) is 1.27. The van der Waals surface area contributed by atoms with Gasteiger partial charge in [-0.1, -0.05) is 13.3 Å². The molecule has 1 N–H and O–H groups in total. The lowest BCUT2D eigenvalue weighted by molar-refractivity contribution is -0.385. The number of nitro groups is 1. The van der Waals surface area contributed by atoms with E-state index in [4.69, 9.17) is 0 Å². The highest BCUT2D eigenvalue weighted by Crippen LogP contribution is 2.12. The maximum atomic E-state index is 11.7. The fourth-order valence-corrected chi connectivity index (χ4v) is 1.29. The molecule has 1 unspecified atom stereocenters. The molecule has 1 heterocycles. The van der Waals surface area contributed by atoms with Gasteiger partial charge in [0.25, 0.3) is 0 Å².